The van der Waals surface area contributed by atoms with Gasteiger partial charge in [0.15, 0.2) is 0 Å². The quantitative estimate of drug-likeness (QED) is 0.836. The second kappa shape index (κ2) is 7.25. The molecule has 0 saturated carbocycles. The van der Waals surface area contributed by atoms with Crippen LogP contribution in [-0.4, -0.2) is 44.8 Å². The smallest absolute Gasteiger partial charge is 0.338 e. The number of nitrogens with zero attached hydrogens (tertiary/aromatic N) is 1. The summed E-state index contributed by atoms with van der Waals surface area (Å²) in [7, 11) is 4.68. The van der Waals surface area contributed by atoms with Crippen molar-refractivity contribution in [1.82, 2.24) is 10.2 Å². The van der Waals surface area contributed by atoms with Crippen molar-refractivity contribution >= 4 is 12.0 Å². The number of ether oxygens (including phenoxy) is 3. The van der Waals surface area contributed by atoms with Crippen LogP contribution in [0.25, 0.3) is 0 Å². The molecule has 1 aromatic carbocycles. The lowest BCUT2D eigenvalue weighted by Gasteiger charge is -2.33. The predicted octanol–water partition coefficient (Wildman–Crippen LogP) is 2.24. The maximum atomic E-state index is 12.5. The van der Waals surface area contributed by atoms with Crippen LogP contribution in [0, 0.1) is 0 Å². The zero-order valence-electron chi connectivity index (χ0n) is 14.5. The standard InChI is InChI=1S/C17H22N2O5/c1-6-24-16(20)14-10(2)19(3)17(21)18-15(14)12-9-11(22-4)7-8-13(12)23-5/h7-9,15H,6H2,1-5H3,(H,18,21). The molecule has 7 nitrogen and oxygen atoms in total. The third kappa shape index (κ3) is 3.15. The number of methoxy groups -OCH3 is 2. The van der Waals surface area contributed by atoms with Crippen LogP contribution < -0.4 is 14.8 Å². The molecule has 24 heavy (non-hydrogen) atoms. The first kappa shape index (κ1) is 17.7. The summed E-state index contributed by atoms with van der Waals surface area (Å²) >= 11 is 0. The molecule has 1 aliphatic heterocycles. The van der Waals surface area contributed by atoms with Gasteiger partial charge in [0.25, 0.3) is 0 Å². The molecule has 0 fully saturated rings. The average Bonchev–Trinajstić information content (AvgIpc) is 2.58. The SMILES string of the molecule is CCOC(=O)C1=C(C)N(C)C(=O)NC1c1cc(OC)ccc1OC. The first-order valence-electron chi connectivity index (χ1n) is 7.58. The van der Waals surface area contributed by atoms with Gasteiger partial charge >= 0.3 is 12.0 Å². The van der Waals surface area contributed by atoms with E-state index < -0.39 is 12.0 Å². The summed E-state index contributed by atoms with van der Waals surface area (Å²) < 4.78 is 15.8. The highest BCUT2D eigenvalue weighted by atomic mass is 16.5. The van der Waals surface area contributed by atoms with E-state index in [2.05, 4.69) is 5.32 Å². The number of hydrogen-bond donors (Lipinski definition) is 1. The molecule has 7 heteroatoms. The maximum absolute atomic E-state index is 12.5. The van der Waals surface area contributed by atoms with Gasteiger partial charge < -0.3 is 24.4 Å². The summed E-state index contributed by atoms with van der Waals surface area (Å²) in [6.07, 6.45) is 0. The Morgan fingerprint density at radius 3 is 2.58 bits per heavy atom. The first-order chi connectivity index (χ1) is 11.4. The van der Waals surface area contributed by atoms with Crippen molar-refractivity contribution in [2.75, 3.05) is 27.9 Å². The number of hydrogen-bond acceptors (Lipinski definition) is 5. The summed E-state index contributed by atoms with van der Waals surface area (Å²) in [5.74, 6) is 0.664. The molecule has 2 amide bonds. The zero-order chi connectivity index (χ0) is 17.9. The molecule has 0 radical (unpaired) electrons. The lowest BCUT2D eigenvalue weighted by Crippen LogP contribution is -2.46. The minimum atomic E-state index is -0.683. The minimum Gasteiger partial charge on any atom is -0.497 e. The number of rotatable bonds is 5. The number of carbonyl (C=O) groups is 2. The van der Waals surface area contributed by atoms with Gasteiger partial charge in [-0.25, -0.2) is 9.59 Å². The van der Waals surface area contributed by atoms with Crippen LogP contribution in [0.3, 0.4) is 0 Å². The van der Waals surface area contributed by atoms with Gasteiger partial charge in [-0.05, 0) is 32.0 Å². The van der Waals surface area contributed by atoms with Crippen LogP contribution in [0.4, 0.5) is 4.79 Å². The van der Waals surface area contributed by atoms with E-state index in [1.165, 1.54) is 12.0 Å². The van der Waals surface area contributed by atoms with Crippen molar-refractivity contribution in [3.63, 3.8) is 0 Å². The molecule has 130 valence electrons. The largest absolute Gasteiger partial charge is 0.497 e. The zero-order valence-corrected chi connectivity index (χ0v) is 14.5. The topological polar surface area (TPSA) is 77.1 Å². The van der Waals surface area contributed by atoms with Crippen molar-refractivity contribution < 1.29 is 23.8 Å². The van der Waals surface area contributed by atoms with Crippen LogP contribution in [0.15, 0.2) is 29.5 Å². The average molecular weight is 334 g/mol. The van der Waals surface area contributed by atoms with E-state index in [-0.39, 0.29) is 12.6 Å². The monoisotopic (exact) mass is 334 g/mol. The highest BCUT2D eigenvalue weighted by Crippen LogP contribution is 2.37. The molecule has 1 unspecified atom stereocenters. The molecule has 0 bridgehead atoms. The van der Waals surface area contributed by atoms with E-state index in [0.717, 1.165) is 0 Å². The van der Waals surface area contributed by atoms with Gasteiger partial charge in [0.1, 0.15) is 11.5 Å². The molecule has 0 aromatic heterocycles. The molecule has 0 spiro atoms. The highest BCUT2D eigenvalue weighted by Gasteiger charge is 2.36. The third-order valence-electron chi connectivity index (χ3n) is 4.00. The number of esters is 1. The van der Waals surface area contributed by atoms with Crippen molar-refractivity contribution in [2.24, 2.45) is 0 Å². The Morgan fingerprint density at radius 2 is 2.00 bits per heavy atom. The Labute approximate surface area is 141 Å². The molecule has 2 rings (SSSR count). The normalized spacial score (nSPS) is 17.5. The Morgan fingerprint density at radius 1 is 1.29 bits per heavy atom. The fraction of sp³-hybridized carbons (Fsp3) is 0.412. The number of benzene rings is 1. The summed E-state index contributed by atoms with van der Waals surface area (Å²) in [4.78, 5) is 26.1. The van der Waals surface area contributed by atoms with Gasteiger partial charge in [-0.15, -0.1) is 0 Å². The fourth-order valence-corrected chi connectivity index (χ4v) is 2.61. The predicted molar refractivity (Wildman–Crippen MR) is 87.9 cm³/mol. The molecule has 1 aliphatic rings. The summed E-state index contributed by atoms with van der Waals surface area (Å²) in [5.41, 5.74) is 1.53. The van der Waals surface area contributed by atoms with Crippen LogP contribution in [0.1, 0.15) is 25.5 Å². The van der Waals surface area contributed by atoms with Crippen LogP contribution >= 0.6 is 0 Å². The van der Waals surface area contributed by atoms with Crippen LogP contribution in [-0.2, 0) is 9.53 Å². The summed E-state index contributed by atoms with van der Waals surface area (Å²) in [6, 6.07) is 4.23. The highest BCUT2D eigenvalue weighted by molar-refractivity contribution is 5.95. The second-order valence-electron chi connectivity index (χ2n) is 5.27. The van der Waals surface area contributed by atoms with E-state index in [1.54, 1.807) is 46.2 Å². The van der Waals surface area contributed by atoms with E-state index >= 15 is 0 Å². The first-order valence-corrected chi connectivity index (χ1v) is 7.58. The fourth-order valence-electron chi connectivity index (χ4n) is 2.61. The van der Waals surface area contributed by atoms with Crippen LogP contribution in [0.5, 0.6) is 11.5 Å². The molecule has 1 aromatic rings. The van der Waals surface area contributed by atoms with Gasteiger partial charge in [0.05, 0.1) is 32.4 Å². The van der Waals surface area contributed by atoms with Crippen molar-refractivity contribution in [3.8, 4) is 11.5 Å². The minimum absolute atomic E-state index is 0.245. The summed E-state index contributed by atoms with van der Waals surface area (Å²) in [5, 5.41) is 2.82. The maximum Gasteiger partial charge on any atom is 0.338 e. The van der Waals surface area contributed by atoms with Gasteiger partial charge in [-0.1, -0.05) is 0 Å². The van der Waals surface area contributed by atoms with E-state index in [4.69, 9.17) is 14.2 Å². The van der Waals surface area contributed by atoms with Gasteiger partial charge in [-0.2, -0.15) is 0 Å². The van der Waals surface area contributed by atoms with Crippen molar-refractivity contribution in [1.29, 1.82) is 0 Å². The third-order valence-corrected chi connectivity index (χ3v) is 4.00. The molecular formula is C17H22N2O5. The lowest BCUT2D eigenvalue weighted by molar-refractivity contribution is -0.139. The number of amides is 2. The van der Waals surface area contributed by atoms with Crippen LogP contribution in [0.2, 0.25) is 0 Å². The van der Waals surface area contributed by atoms with E-state index in [9.17, 15) is 9.59 Å². The molecule has 1 N–H and O–H groups in total. The summed E-state index contributed by atoms with van der Waals surface area (Å²) in [6.45, 7) is 3.69. The molecule has 0 aliphatic carbocycles. The molecular weight excluding hydrogens is 312 g/mol. The van der Waals surface area contributed by atoms with Gasteiger partial charge in [0.2, 0.25) is 0 Å². The molecule has 1 heterocycles. The number of allylic oxidation sites excluding steroid dienone is 1. The Kier molecular flexibility index (Phi) is 5.33. The number of carbonyl (C=O) groups excluding carboxylic acids is 2. The van der Waals surface area contributed by atoms with E-state index in [0.29, 0.717) is 28.3 Å². The lowest BCUT2D eigenvalue weighted by atomic mass is 9.94. The van der Waals surface area contributed by atoms with Gasteiger partial charge in [0, 0.05) is 18.3 Å². The van der Waals surface area contributed by atoms with Crippen molar-refractivity contribution in [3.05, 3.63) is 35.0 Å². The second-order valence-corrected chi connectivity index (χ2v) is 5.27. The Bertz CT molecular complexity index is 684. The van der Waals surface area contributed by atoms with Crippen molar-refractivity contribution in [2.45, 2.75) is 19.9 Å². The Balaban J connectivity index is 2.61. The molecule has 1 atom stereocenters. The number of urea groups is 1. The Hall–Kier alpha value is -2.70. The molecule has 0 saturated heterocycles. The van der Waals surface area contributed by atoms with Gasteiger partial charge in [-0.3, -0.25) is 0 Å². The number of nitrogens with one attached hydrogen (secondary N) is 1. The van der Waals surface area contributed by atoms with E-state index in [1.807, 2.05) is 0 Å².